The Morgan fingerprint density at radius 1 is 1.32 bits per heavy atom. The molecule has 1 heterocycles. The maximum atomic E-state index is 11.5. The zero-order valence-corrected chi connectivity index (χ0v) is 10.7. The summed E-state index contributed by atoms with van der Waals surface area (Å²) in [6, 6.07) is 0. The molecule has 0 atom stereocenters. The summed E-state index contributed by atoms with van der Waals surface area (Å²) in [6.07, 6.45) is 0.490. The van der Waals surface area contributed by atoms with Crippen LogP contribution in [0, 0.1) is 20.2 Å². The van der Waals surface area contributed by atoms with Crippen molar-refractivity contribution in [2.45, 2.75) is 12.1 Å². The molecule has 19 heavy (non-hydrogen) atoms. The van der Waals surface area contributed by atoms with Crippen LogP contribution in [0.5, 0.6) is 0 Å². The van der Waals surface area contributed by atoms with Crippen molar-refractivity contribution in [3.05, 3.63) is 20.2 Å². The number of likely N-dealkylation sites (tertiary alicyclic amines) is 1. The van der Waals surface area contributed by atoms with Gasteiger partial charge in [-0.05, 0) is 0 Å². The van der Waals surface area contributed by atoms with Gasteiger partial charge in [0.05, 0.1) is 19.3 Å². The van der Waals surface area contributed by atoms with Crippen LogP contribution in [-0.4, -0.2) is 60.7 Å². The molecule has 0 N–H and O–H groups in total. The van der Waals surface area contributed by atoms with Gasteiger partial charge in [-0.2, -0.15) is 8.42 Å². The minimum Gasteiger partial charge on any atom is -0.314 e. The van der Waals surface area contributed by atoms with Crippen molar-refractivity contribution in [3.8, 4) is 0 Å². The van der Waals surface area contributed by atoms with E-state index in [-0.39, 0.29) is 6.42 Å². The largest absolute Gasteiger partial charge is 0.492 e. The molecule has 11 nitrogen and oxygen atoms in total. The first-order valence-electron chi connectivity index (χ1n) is 5.00. The molecular formula is C7H11N3O8S. The fourth-order valence-electron chi connectivity index (χ4n) is 1.48. The van der Waals surface area contributed by atoms with Crippen LogP contribution in [0.15, 0.2) is 0 Å². The first-order chi connectivity index (χ1) is 8.58. The molecule has 108 valence electrons. The lowest BCUT2D eigenvalue weighted by molar-refractivity contribution is -0.809. The van der Waals surface area contributed by atoms with Gasteiger partial charge in [0.25, 0.3) is 10.1 Å². The third-order valence-corrected chi connectivity index (χ3v) is 3.13. The Bertz CT molecular complexity index is 492. The summed E-state index contributed by atoms with van der Waals surface area (Å²) < 4.78 is 25.6. The topological polar surface area (TPSA) is 150 Å². The molecule has 0 unspecified atom stereocenters. The van der Waals surface area contributed by atoms with Gasteiger partial charge in [0.2, 0.25) is 5.91 Å². The zero-order valence-electron chi connectivity index (χ0n) is 9.84. The number of nitro groups is 2. The lowest BCUT2D eigenvalue weighted by Crippen LogP contribution is -2.71. The number of amides is 1. The number of nitrogens with zero attached hydrogens (tertiary/aromatic N) is 3. The number of rotatable bonds is 6. The van der Waals surface area contributed by atoms with E-state index in [1.807, 2.05) is 0 Å². The van der Waals surface area contributed by atoms with Gasteiger partial charge in [-0.15, -0.1) is 0 Å². The number of hydrogen-bond donors (Lipinski definition) is 0. The Kier molecular flexibility index (Phi) is 4.05. The second kappa shape index (κ2) is 5.05. The second-order valence-corrected chi connectivity index (χ2v) is 5.67. The molecule has 1 aliphatic heterocycles. The monoisotopic (exact) mass is 297 g/mol. The van der Waals surface area contributed by atoms with Gasteiger partial charge in [0, 0.05) is 0 Å². The maximum absolute atomic E-state index is 11.5. The van der Waals surface area contributed by atoms with Crippen molar-refractivity contribution in [2.75, 3.05) is 26.0 Å². The summed E-state index contributed by atoms with van der Waals surface area (Å²) in [7, 11) is -3.67. The standard InChI is InChI=1S/C7H11N3O8S/c1-19(16,17)18-3-2-6(11)8-4-7(5-8,9(12)13)10(14)15/h2-5H2,1H3. The van der Waals surface area contributed by atoms with Gasteiger partial charge in [-0.1, -0.05) is 0 Å². The average molecular weight is 297 g/mol. The van der Waals surface area contributed by atoms with Gasteiger partial charge in [-0.3, -0.25) is 29.2 Å². The highest BCUT2D eigenvalue weighted by Gasteiger charge is 2.67. The maximum Gasteiger partial charge on any atom is 0.492 e. The lowest BCUT2D eigenvalue weighted by Gasteiger charge is -2.35. The Morgan fingerprint density at radius 3 is 2.16 bits per heavy atom. The number of carbonyl (C=O) groups is 1. The number of hydrogen-bond acceptors (Lipinski definition) is 8. The fourth-order valence-corrected chi connectivity index (χ4v) is 1.86. The first-order valence-corrected chi connectivity index (χ1v) is 6.81. The fraction of sp³-hybridized carbons (Fsp3) is 0.857. The minimum absolute atomic E-state index is 0.321. The zero-order chi connectivity index (χ0) is 14.8. The van der Waals surface area contributed by atoms with Crippen molar-refractivity contribution in [2.24, 2.45) is 0 Å². The summed E-state index contributed by atoms with van der Waals surface area (Å²) in [5.41, 5.74) is -2.35. The highest BCUT2D eigenvalue weighted by Crippen LogP contribution is 2.25. The van der Waals surface area contributed by atoms with Crippen molar-refractivity contribution in [1.82, 2.24) is 4.90 Å². The van der Waals surface area contributed by atoms with E-state index in [2.05, 4.69) is 4.18 Å². The van der Waals surface area contributed by atoms with E-state index in [1.54, 1.807) is 0 Å². The minimum atomic E-state index is -3.67. The van der Waals surface area contributed by atoms with E-state index in [0.717, 1.165) is 11.2 Å². The van der Waals surface area contributed by atoms with Crippen molar-refractivity contribution >= 4 is 16.0 Å². The lowest BCUT2D eigenvalue weighted by atomic mass is 10.0. The second-order valence-electron chi connectivity index (χ2n) is 4.02. The normalized spacial score (nSPS) is 17.6. The molecule has 0 aromatic rings. The van der Waals surface area contributed by atoms with Crippen LogP contribution in [0.1, 0.15) is 6.42 Å². The van der Waals surface area contributed by atoms with Gasteiger partial charge in [-0.25, -0.2) is 0 Å². The third kappa shape index (κ3) is 3.35. The molecule has 0 aromatic heterocycles. The predicted octanol–water partition coefficient (Wildman–Crippen LogP) is -1.56. The third-order valence-electron chi connectivity index (χ3n) is 2.53. The quantitative estimate of drug-likeness (QED) is 0.247. The van der Waals surface area contributed by atoms with Gasteiger partial charge in [0.15, 0.2) is 13.1 Å². The summed E-state index contributed by atoms with van der Waals surface area (Å²) >= 11 is 0. The molecule has 1 rings (SSSR count). The van der Waals surface area contributed by atoms with E-state index in [0.29, 0.717) is 0 Å². The summed E-state index contributed by atoms with van der Waals surface area (Å²) in [4.78, 5) is 31.4. The van der Waals surface area contributed by atoms with Crippen molar-refractivity contribution in [3.63, 3.8) is 0 Å². The van der Waals surface area contributed by atoms with Crippen LogP contribution >= 0.6 is 0 Å². The van der Waals surface area contributed by atoms with E-state index < -0.39 is 51.2 Å². The highest BCUT2D eigenvalue weighted by atomic mass is 32.2. The summed E-state index contributed by atoms with van der Waals surface area (Å²) in [5, 5.41) is 21.2. The summed E-state index contributed by atoms with van der Waals surface area (Å²) in [5.74, 6) is -0.636. The molecule has 0 aliphatic carbocycles. The van der Waals surface area contributed by atoms with Gasteiger partial charge < -0.3 is 4.90 Å². The number of carbonyl (C=O) groups excluding carboxylic acids is 1. The van der Waals surface area contributed by atoms with Crippen LogP contribution in [0.25, 0.3) is 0 Å². The Morgan fingerprint density at radius 2 is 1.79 bits per heavy atom. The van der Waals surface area contributed by atoms with Crippen LogP contribution in [0.3, 0.4) is 0 Å². The average Bonchev–Trinajstić information content (AvgIpc) is 2.11. The summed E-state index contributed by atoms with van der Waals surface area (Å²) in [6.45, 7) is -1.67. The molecule has 0 aromatic carbocycles. The molecule has 1 aliphatic rings. The van der Waals surface area contributed by atoms with E-state index in [9.17, 15) is 33.4 Å². The Hall–Kier alpha value is -1.82. The molecule has 0 radical (unpaired) electrons. The van der Waals surface area contributed by atoms with Crippen LogP contribution in [-0.2, 0) is 19.1 Å². The Labute approximate surface area is 107 Å². The SMILES string of the molecule is CS(=O)(=O)OCCC(=O)N1CC([N+](=O)[O-])([N+](=O)[O-])C1. The van der Waals surface area contributed by atoms with E-state index in [4.69, 9.17) is 0 Å². The van der Waals surface area contributed by atoms with Crippen molar-refractivity contribution < 1.29 is 27.2 Å². The van der Waals surface area contributed by atoms with Crippen molar-refractivity contribution in [1.29, 1.82) is 0 Å². The van der Waals surface area contributed by atoms with Gasteiger partial charge in [0.1, 0.15) is 9.85 Å². The smallest absolute Gasteiger partial charge is 0.314 e. The molecule has 1 saturated heterocycles. The molecule has 0 bridgehead atoms. The molecular weight excluding hydrogens is 286 g/mol. The molecule has 0 saturated carbocycles. The van der Waals surface area contributed by atoms with Gasteiger partial charge >= 0.3 is 5.66 Å². The molecule has 0 spiro atoms. The highest BCUT2D eigenvalue weighted by molar-refractivity contribution is 7.85. The predicted molar refractivity (Wildman–Crippen MR) is 58.7 cm³/mol. The first kappa shape index (κ1) is 15.2. The van der Waals surface area contributed by atoms with E-state index in [1.165, 1.54) is 0 Å². The Balaban J connectivity index is 2.48. The van der Waals surface area contributed by atoms with E-state index >= 15 is 0 Å². The van der Waals surface area contributed by atoms with Crippen LogP contribution in [0.4, 0.5) is 0 Å². The molecule has 1 amide bonds. The van der Waals surface area contributed by atoms with Crippen LogP contribution in [0.2, 0.25) is 0 Å². The van der Waals surface area contributed by atoms with Crippen LogP contribution < -0.4 is 0 Å². The molecule has 12 heteroatoms. The molecule has 1 fully saturated rings.